The fourth-order valence-corrected chi connectivity index (χ4v) is 1.89. The van der Waals surface area contributed by atoms with Gasteiger partial charge in [-0.1, -0.05) is 30.3 Å². The van der Waals surface area contributed by atoms with Crippen molar-refractivity contribution >= 4 is 0 Å². The number of rotatable bonds is 7. The molecule has 0 amide bonds. The molecule has 0 fully saturated rings. The third-order valence-electron chi connectivity index (χ3n) is 3.00. The van der Waals surface area contributed by atoms with Gasteiger partial charge in [-0.15, -0.1) is 0 Å². The second-order valence-corrected chi connectivity index (χ2v) is 4.44. The molecule has 2 aromatic rings. The first kappa shape index (κ1) is 15.2. The molecule has 0 spiro atoms. The first-order chi connectivity index (χ1) is 10.2. The Morgan fingerprint density at radius 2 is 1.57 bits per heavy atom. The summed E-state index contributed by atoms with van der Waals surface area (Å²) in [5.74, 6) is 0.734. The smallest absolute Gasteiger partial charge is 0.200 e. The highest BCUT2D eigenvalue weighted by Gasteiger charge is 2.10. The van der Waals surface area contributed by atoms with Gasteiger partial charge in [-0.25, -0.2) is 0 Å². The van der Waals surface area contributed by atoms with E-state index in [-0.39, 0.29) is 5.75 Å². The van der Waals surface area contributed by atoms with Crippen molar-refractivity contribution in [3.05, 3.63) is 53.6 Å². The number of phenols is 1. The standard InChI is InChI=1S/C16H19NO4/c1-19-14-8-13(9-15(20-2)16(14)18)10-17-21-11-12-6-4-3-5-7-12/h3-9,17-18H,10-11H2,1-2H3. The Bertz CT molecular complexity index is 547. The number of nitrogens with one attached hydrogen (secondary N) is 1. The number of hydrogen-bond acceptors (Lipinski definition) is 5. The van der Waals surface area contributed by atoms with E-state index in [1.165, 1.54) is 14.2 Å². The van der Waals surface area contributed by atoms with Crippen LogP contribution in [0.3, 0.4) is 0 Å². The van der Waals surface area contributed by atoms with Crippen molar-refractivity contribution in [2.45, 2.75) is 13.2 Å². The quantitative estimate of drug-likeness (QED) is 0.606. The minimum absolute atomic E-state index is 0.00560. The summed E-state index contributed by atoms with van der Waals surface area (Å²) < 4.78 is 10.2. The highest BCUT2D eigenvalue weighted by Crippen LogP contribution is 2.36. The summed E-state index contributed by atoms with van der Waals surface area (Å²) in [7, 11) is 3.00. The molecule has 2 N–H and O–H groups in total. The number of ether oxygens (including phenoxy) is 2. The van der Waals surface area contributed by atoms with Crippen LogP contribution < -0.4 is 15.0 Å². The van der Waals surface area contributed by atoms with E-state index < -0.39 is 0 Å². The zero-order valence-corrected chi connectivity index (χ0v) is 12.1. The Balaban J connectivity index is 1.91. The molecule has 0 aliphatic heterocycles. The Morgan fingerprint density at radius 1 is 0.952 bits per heavy atom. The number of hydroxylamine groups is 1. The zero-order valence-electron chi connectivity index (χ0n) is 12.1. The topological polar surface area (TPSA) is 60.0 Å². The molecule has 0 saturated heterocycles. The van der Waals surface area contributed by atoms with Crippen molar-refractivity contribution in [1.29, 1.82) is 0 Å². The molecule has 0 saturated carbocycles. The molecular formula is C16H19NO4. The Morgan fingerprint density at radius 3 is 2.14 bits per heavy atom. The molecule has 112 valence electrons. The van der Waals surface area contributed by atoms with Crippen LogP contribution in [0, 0.1) is 0 Å². The van der Waals surface area contributed by atoms with Crippen molar-refractivity contribution in [3.8, 4) is 17.2 Å². The van der Waals surface area contributed by atoms with Gasteiger partial charge in [-0.05, 0) is 23.3 Å². The summed E-state index contributed by atoms with van der Waals surface area (Å²) in [5.41, 5.74) is 4.85. The number of benzene rings is 2. The molecule has 0 bridgehead atoms. The van der Waals surface area contributed by atoms with Crippen LogP contribution in [0.25, 0.3) is 0 Å². The third-order valence-corrected chi connectivity index (χ3v) is 3.00. The van der Waals surface area contributed by atoms with Gasteiger partial charge in [-0.2, -0.15) is 5.48 Å². The summed E-state index contributed by atoms with van der Waals surface area (Å²) in [5, 5.41) is 9.83. The van der Waals surface area contributed by atoms with E-state index in [9.17, 15) is 5.11 Å². The molecule has 0 unspecified atom stereocenters. The summed E-state index contributed by atoms with van der Waals surface area (Å²) in [6, 6.07) is 13.4. The molecular weight excluding hydrogens is 270 g/mol. The average Bonchev–Trinajstić information content (AvgIpc) is 2.53. The van der Waals surface area contributed by atoms with Gasteiger partial charge in [0.15, 0.2) is 11.5 Å². The maximum Gasteiger partial charge on any atom is 0.200 e. The van der Waals surface area contributed by atoms with Crippen LogP contribution in [0.5, 0.6) is 17.2 Å². The molecule has 0 heterocycles. The summed E-state index contributed by atoms with van der Waals surface area (Å²) >= 11 is 0. The van der Waals surface area contributed by atoms with Crippen LogP contribution in [0.15, 0.2) is 42.5 Å². The lowest BCUT2D eigenvalue weighted by atomic mass is 10.2. The van der Waals surface area contributed by atoms with Crippen molar-refractivity contribution in [2.75, 3.05) is 14.2 Å². The van der Waals surface area contributed by atoms with Gasteiger partial charge < -0.3 is 14.6 Å². The number of aromatic hydroxyl groups is 1. The van der Waals surface area contributed by atoms with Gasteiger partial charge in [0.05, 0.1) is 20.8 Å². The molecule has 21 heavy (non-hydrogen) atoms. The maximum atomic E-state index is 9.83. The average molecular weight is 289 g/mol. The molecule has 2 aromatic carbocycles. The molecule has 2 rings (SSSR count). The van der Waals surface area contributed by atoms with Crippen LogP contribution in [0.4, 0.5) is 0 Å². The van der Waals surface area contributed by atoms with E-state index >= 15 is 0 Å². The SMILES string of the molecule is COc1cc(CNOCc2ccccc2)cc(OC)c1O. The van der Waals surface area contributed by atoms with Gasteiger partial charge in [-0.3, -0.25) is 4.84 Å². The van der Waals surface area contributed by atoms with E-state index in [1.807, 2.05) is 30.3 Å². The van der Waals surface area contributed by atoms with Gasteiger partial charge in [0.25, 0.3) is 0 Å². The van der Waals surface area contributed by atoms with E-state index in [0.717, 1.165) is 11.1 Å². The molecule has 0 aromatic heterocycles. The molecule has 5 heteroatoms. The van der Waals surface area contributed by atoms with Crippen molar-refractivity contribution in [2.24, 2.45) is 0 Å². The largest absolute Gasteiger partial charge is 0.502 e. The molecule has 0 aliphatic carbocycles. The Hall–Kier alpha value is -2.24. The van der Waals surface area contributed by atoms with Crippen LogP contribution in [-0.4, -0.2) is 19.3 Å². The predicted octanol–water partition coefficient (Wildman–Crippen LogP) is 2.63. The summed E-state index contributed by atoms with van der Waals surface area (Å²) in [6.45, 7) is 0.951. The van der Waals surface area contributed by atoms with Gasteiger partial charge in [0.2, 0.25) is 5.75 Å². The van der Waals surface area contributed by atoms with Crippen LogP contribution in [0.2, 0.25) is 0 Å². The van der Waals surface area contributed by atoms with Crippen molar-refractivity contribution in [3.63, 3.8) is 0 Å². The Kier molecular flexibility index (Phi) is 5.43. The molecule has 0 radical (unpaired) electrons. The Labute approximate surface area is 124 Å². The van der Waals surface area contributed by atoms with Crippen LogP contribution >= 0.6 is 0 Å². The first-order valence-electron chi connectivity index (χ1n) is 6.57. The van der Waals surface area contributed by atoms with E-state index in [0.29, 0.717) is 24.7 Å². The van der Waals surface area contributed by atoms with Gasteiger partial charge in [0, 0.05) is 6.54 Å². The lowest BCUT2D eigenvalue weighted by Crippen LogP contribution is -2.14. The second-order valence-electron chi connectivity index (χ2n) is 4.44. The molecule has 0 atom stereocenters. The number of phenolic OH excluding ortho intramolecular Hbond substituents is 1. The fourth-order valence-electron chi connectivity index (χ4n) is 1.89. The van der Waals surface area contributed by atoms with Crippen LogP contribution in [0.1, 0.15) is 11.1 Å². The second kappa shape index (κ2) is 7.52. The highest BCUT2D eigenvalue weighted by molar-refractivity contribution is 5.52. The van der Waals surface area contributed by atoms with Crippen molar-refractivity contribution < 1.29 is 19.4 Å². The third kappa shape index (κ3) is 4.11. The first-order valence-corrected chi connectivity index (χ1v) is 6.57. The number of methoxy groups -OCH3 is 2. The summed E-state index contributed by atoms with van der Waals surface area (Å²) in [4.78, 5) is 5.41. The van der Waals surface area contributed by atoms with Gasteiger partial charge in [0.1, 0.15) is 0 Å². The normalized spacial score (nSPS) is 10.4. The molecule has 0 aliphatic rings. The van der Waals surface area contributed by atoms with Crippen molar-refractivity contribution in [1.82, 2.24) is 5.48 Å². The molecule has 5 nitrogen and oxygen atoms in total. The lowest BCUT2D eigenvalue weighted by molar-refractivity contribution is 0.0234. The van der Waals surface area contributed by atoms with E-state index in [1.54, 1.807) is 12.1 Å². The maximum absolute atomic E-state index is 9.83. The van der Waals surface area contributed by atoms with Crippen LogP contribution in [-0.2, 0) is 18.0 Å². The highest BCUT2D eigenvalue weighted by atomic mass is 16.6. The van der Waals surface area contributed by atoms with E-state index in [4.69, 9.17) is 14.3 Å². The zero-order chi connectivity index (χ0) is 15.1. The minimum atomic E-state index is -0.00560. The monoisotopic (exact) mass is 289 g/mol. The minimum Gasteiger partial charge on any atom is -0.502 e. The lowest BCUT2D eigenvalue weighted by Gasteiger charge is -2.12. The predicted molar refractivity (Wildman–Crippen MR) is 79.3 cm³/mol. The summed E-state index contributed by atoms with van der Waals surface area (Å²) in [6.07, 6.45) is 0. The number of hydrogen-bond donors (Lipinski definition) is 2. The van der Waals surface area contributed by atoms with Gasteiger partial charge >= 0.3 is 0 Å². The fraction of sp³-hybridized carbons (Fsp3) is 0.250. The van der Waals surface area contributed by atoms with E-state index in [2.05, 4.69) is 5.48 Å².